The molecule has 2 aromatic carbocycles. The Morgan fingerprint density at radius 2 is 1.82 bits per heavy atom. The number of guanidine groups is 1. The van der Waals surface area contributed by atoms with Crippen molar-refractivity contribution in [3.8, 4) is 5.75 Å². The van der Waals surface area contributed by atoms with Crippen LogP contribution in [0.3, 0.4) is 0 Å². The van der Waals surface area contributed by atoms with Crippen molar-refractivity contribution in [3.63, 3.8) is 0 Å². The number of halogens is 2. The summed E-state index contributed by atoms with van der Waals surface area (Å²) in [5.41, 5.74) is 6.77. The number of hydrogen-bond acceptors (Lipinski definition) is 2. The van der Waals surface area contributed by atoms with Crippen LogP contribution < -0.4 is 15.8 Å². The number of rotatable bonds is 5. The Hall–Kier alpha value is -1.28. The number of ether oxygens (including phenoxy) is 1. The van der Waals surface area contributed by atoms with Gasteiger partial charge in [0, 0.05) is 5.69 Å². The third kappa shape index (κ3) is 6.23. The molecule has 0 amide bonds. The van der Waals surface area contributed by atoms with Crippen molar-refractivity contribution < 1.29 is 4.74 Å². The van der Waals surface area contributed by atoms with Crippen LogP contribution in [-0.4, -0.2) is 18.6 Å². The van der Waals surface area contributed by atoms with Gasteiger partial charge in [-0.15, -0.1) is 24.0 Å². The summed E-state index contributed by atoms with van der Waals surface area (Å²) in [6.07, 6.45) is -0.0696. The van der Waals surface area contributed by atoms with Gasteiger partial charge >= 0.3 is 0 Å². The zero-order valence-electron chi connectivity index (χ0n) is 12.2. The van der Waals surface area contributed by atoms with E-state index in [4.69, 9.17) is 10.5 Å². The van der Waals surface area contributed by atoms with Gasteiger partial charge in [-0.1, -0.05) is 30.3 Å². The molecule has 0 spiro atoms. The van der Waals surface area contributed by atoms with Gasteiger partial charge in [-0.25, -0.2) is 4.99 Å². The van der Waals surface area contributed by atoms with Gasteiger partial charge in [0.15, 0.2) is 5.96 Å². The lowest BCUT2D eigenvalue weighted by atomic mass is 10.3. The molecule has 0 aromatic heterocycles. The zero-order chi connectivity index (χ0) is 15.1. The molecule has 3 N–H and O–H groups in total. The van der Waals surface area contributed by atoms with Crippen LogP contribution in [0.1, 0.15) is 6.92 Å². The number of aliphatic imine (C=N–C) groups is 1. The number of nitrogens with zero attached hydrogens (tertiary/aromatic N) is 1. The highest BCUT2D eigenvalue weighted by Crippen LogP contribution is 2.24. The molecule has 0 aliphatic carbocycles. The molecule has 0 aliphatic heterocycles. The van der Waals surface area contributed by atoms with E-state index in [2.05, 4.69) is 26.2 Å². The van der Waals surface area contributed by atoms with Gasteiger partial charge in [0.05, 0.1) is 11.0 Å². The molecule has 4 nitrogen and oxygen atoms in total. The predicted octanol–water partition coefficient (Wildman–Crippen LogP) is 4.26. The summed E-state index contributed by atoms with van der Waals surface area (Å²) in [7, 11) is 0. The van der Waals surface area contributed by atoms with Crippen molar-refractivity contribution in [2.45, 2.75) is 13.0 Å². The first-order valence-electron chi connectivity index (χ1n) is 6.68. The van der Waals surface area contributed by atoms with Crippen LogP contribution >= 0.6 is 39.9 Å². The minimum absolute atomic E-state index is 0. The maximum Gasteiger partial charge on any atom is 0.193 e. The summed E-state index contributed by atoms with van der Waals surface area (Å²) >= 11 is 3.45. The molecule has 2 aromatic rings. The molecule has 118 valence electrons. The van der Waals surface area contributed by atoms with Crippen molar-refractivity contribution in [2.75, 3.05) is 11.9 Å². The highest BCUT2D eigenvalue weighted by atomic mass is 127. The lowest BCUT2D eigenvalue weighted by Crippen LogP contribution is -2.25. The topological polar surface area (TPSA) is 59.6 Å². The van der Waals surface area contributed by atoms with Crippen LogP contribution in [0.2, 0.25) is 0 Å². The van der Waals surface area contributed by atoms with Crippen LogP contribution in [-0.2, 0) is 0 Å². The van der Waals surface area contributed by atoms with Crippen molar-refractivity contribution in [3.05, 3.63) is 59.1 Å². The fraction of sp³-hybridized carbons (Fsp3) is 0.188. The van der Waals surface area contributed by atoms with Gasteiger partial charge in [-0.05, 0) is 47.1 Å². The fourth-order valence-electron chi connectivity index (χ4n) is 1.73. The summed E-state index contributed by atoms with van der Waals surface area (Å²) in [4.78, 5) is 4.29. The van der Waals surface area contributed by atoms with Crippen molar-refractivity contribution >= 4 is 51.6 Å². The van der Waals surface area contributed by atoms with Crippen molar-refractivity contribution in [1.29, 1.82) is 0 Å². The minimum Gasteiger partial charge on any atom is -0.488 e. The molecule has 0 heterocycles. The standard InChI is InChI=1S/C16H18BrN3O.HI/c1-12(21-15-10-6-5-9-14(15)17)11-19-16(18)20-13-7-3-2-4-8-13;/h2-10,12H,11H2,1H3,(H3,18,19,20);1H. The van der Waals surface area contributed by atoms with E-state index in [1.807, 2.05) is 61.5 Å². The summed E-state index contributed by atoms with van der Waals surface area (Å²) < 4.78 is 6.74. The third-order valence-electron chi connectivity index (χ3n) is 2.73. The molecule has 0 aliphatic rings. The van der Waals surface area contributed by atoms with Gasteiger partial charge < -0.3 is 15.8 Å². The van der Waals surface area contributed by atoms with Gasteiger partial charge in [0.2, 0.25) is 0 Å². The van der Waals surface area contributed by atoms with E-state index in [1.165, 1.54) is 0 Å². The van der Waals surface area contributed by atoms with Gasteiger partial charge in [-0.3, -0.25) is 0 Å². The summed E-state index contributed by atoms with van der Waals surface area (Å²) in [5.74, 6) is 1.18. The second kappa shape index (κ2) is 9.68. The SMILES string of the molecule is CC(CN=C(N)Nc1ccccc1)Oc1ccccc1Br.I. The minimum atomic E-state index is -0.0696. The number of para-hydroxylation sites is 2. The predicted molar refractivity (Wildman–Crippen MR) is 106 cm³/mol. The normalized spacial score (nSPS) is 12.2. The van der Waals surface area contributed by atoms with E-state index in [1.54, 1.807) is 0 Å². The van der Waals surface area contributed by atoms with E-state index < -0.39 is 0 Å². The first kappa shape index (κ1) is 18.8. The van der Waals surface area contributed by atoms with E-state index >= 15 is 0 Å². The molecule has 22 heavy (non-hydrogen) atoms. The van der Waals surface area contributed by atoms with Crippen LogP contribution in [0.15, 0.2) is 64.1 Å². The molecule has 2 rings (SSSR count). The van der Waals surface area contributed by atoms with Crippen LogP contribution in [0.25, 0.3) is 0 Å². The first-order valence-corrected chi connectivity index (χ1v) is 7.47. The van der Waals surface area contributed by atoms with E-state index in [0.29, 0.717) is 12.5 Å². The highest BCUT2D eigenvalue weighted by molar-refractivity contribution is 14.0. The van der Waals surface area contributed by atoms with Crippen molar-refractivity contribution in [1.82, 2.24) is 0 Å². The smallest absolute Gasteiger partial charge is 0.193 e. The Kier molecular flexibility index (Phi) is 8.26. The summed E-state index contributed by atoms with van der Waals surface area (Å²) in [6.45, 7) is 2.44. The molecule has 1 unspecified atom stereocenters. The van der Waals surface area contributed by atoms with Crippen LogP contribution in [0, 0.1) is 0 Å². The second-order valence-electron chi connectivity index (χ2n) is 4.58. The van der Waals surface area contributed by atoms with Gasteiger partial charge in [0.1, 0.15) is 11.9 Å². The summed E-state index contributed by atoms with van der Waals surface area (Å²) in [6, 6.07) is 17.4. The average Bonchev–Trinajstić information content (AvgIpc) is 2.49. The molecule has 1 atom stereocenters. The molecular weight excluding hydrogens is 457 g/mol. The van der Waals surface area contributed by atoms with Crippen LogP contribution in [0.4, 0.5) is 5.69 Å². The maximum absolute atomic E-state index is 5.85. The Morgan fingerprint density at radius 1 is 1.18 bits per heavy atom. The molecule has 0 radical (unpaired) electrons. The van der Waals surface area contributed by atoms with Gasteiger partial charge in [0.25, 0.3) is 0 Å². The van der Waals surface area contributed by atoms with E-state index in [9.17, 15) is 0 Å². The summed E-state index contributed by atoms with van der Waals surface area (Å²) in [5, 5.41) is 3.04. The molecule has 0 bridgehead atoms. The molecule has 0 fully saturated rings. The third-order valence-corrected chi connectivity index (χ3v) is 3.38. The number of anilines is 1. The van der Waals surface area contributed by atoms with E-state index in [-0.39, 0.29) is 30.1 Å². The number of nitrogens with two attached hydrogens (primary N) is 1. The lowest BCUT2D eigenvalue weighted by molar-refractivity contribution is 0.229. The Labute approximate surface area is 156 Å². The second-order valence-corrected chi connectivity index (χ2v) is 5.43. The monoisotopic (exact) mass is 475 g/mol. The quantitative estimate of drug-likeness (QED) is 0.386. The van der Waals surface area contributed by atoms with Gasteiger partial charge in [-0.2, -0.15) is 0 Å². The Morgan fingerprint density at radius 3 is 2.50 bits per heavy atom. The number of benzene rings is 2. The molecule has 0 saturated carbocycles. The Bertz CT molecular complexity index is 607. The maximum atomic E-state index is 5.85. The number of nitrogens with one attached hydrogen (secondary N) is 1. The largest absolute Gasteiger partial charge is 0.488 e. The molecule has 6 heteroatoms. The van der Waals surface area contributed by atoms with E-state index in [0.717, 1.165) is 15.9 Å². The molecular formula is C16H19BrIN3O. The Balaban J connectivity index is 0.00000242. The fourth-order valence-corrected chi connectivity index (χ4v) is 2.11. The lowest BCUT2D eigenvalue weighted by Gasteiger charge is -2.14. The average molecular weight is 476 g/mol. The highest BCUT2D eigenvalue weighted by Gasteiger charge is 2.06. The number of hydrogen-bond donors (Lipinski definition) is 2. The van der Waals surface area contributed by atoms with Crippen LogP contribution in [0.5, 0.6) is 5.75 Å². The first-order chi connectivity index (χ1) is 10.1. The molecule has 0 saturated heterocycles. The zero-order valence-corrected chi connectivity index (χ0v) is 16.1. The van der Waals surface area contributed by atoms with Crippen molar-refractivity contribution in [2.24, 2.45) is 10.7 Å².